The Labute approximate surface area is 132 Å². The lowest BCUT2D eigenvalue weighted by Gasteiger charge is -2.17. The van der Waals surface area contributed by atoms with E-state index in [1.54, 1.807) is 29.6 Å². The zero-order valence-corrected chi connectivity index (χ0v) is 13.3. The fourth-order valence-electron chi connectivity index (χ4n) is 2.55. The third kappa shape index (κ3) is 2.42. The standard InChI is InChI=1S/C13H15Cl2N5O/c1-18(7-11-17-16-10-4-3-5-20(10)11)13(21)9-6-8(14)12(15)19(9)2/h6H,3-5,7H2,1-2H3. The molecule has 0 bridgehead atoms. The minimum absolute atomic E-state index is 0.151. The van der Waals surface area contributed by atoms with Crippen molar-refractivity contribution in [2.45, 2.75) is 25.9 Å². The van der Waals surface area contributed by atoms with Crippen LogP contribution in [-0.4, -0.2) is 37.2 Å². The fourth-order valence-corrected chi connectivity index (χ4v) is 2.93. The number of hydrogen-bond acceptors (Lipinski definition) is 3. The average molecular weight is 328 g/mol. The van der Waals surface area contributed by atoms with Crippen LogP contribution >= 0.6 is 23.2 Å². The summed E-state index contributed by atoms with van der Waals surface area (Å²) >= 11 is 12.0. The van der Waals surface area contributed by atoms with Gasteiger partial charge in [-0.2, -0.15) is 0 Å². The molecule has 0 radical (unpaired) electrons. The molecule has 0 aromatic carbocycles. The van der Waals surface area contributed by atoms with Gasteiger partial charge in [0.1, 0.15) is 16.7 Å². The van der Waals surface area contributed by atoms with Crippen molar-refractivity contribution in [1.29, 1.82) is 0 Å². The summed E-state index contributed by atoms with van der Waals surface area (Å²) in [6.45, 7) is 1.33. The van der Waals surface area contributed by atoms with Crippen molar-refractivity contribution in [2.24, 2.45) is 7.05 Å². The summed E-state index contributed by atoms with van der Waals surface area (Å²) in [7, 11) is 3.44. The molecule has 1 amide bonds. The van der Waals surface area contributed by atoms with Crippen LogP contribution in [0, 0.1) is 0 Å². The monoisotopic (exact) mass is 327 g/mol. The van der Waals surface area contributed by atoms with Gasteiger partial charge in [0.25, 0.3) is 5.91 Å². The smallest absolute Gasteiger partial charge is 0.270 e. The SMILES string of the molecule is CN(Cc1nnc2n1CCC2)C(=O)c1cc(Cl)c(Cl)n1C. The Morgan fingerprint density at radius 3 is 2.86 bits per heavy atom. The molecule has 0 fully saturated rings. The van der Waals surface area contributed by atoms with Crippen molar-refractivity contribution in [3.05, 3.63) is 33.6 Å². The summed E-state index contributed by atoms with van der Waals surface area (Å²) in [5, 5.41) is 9.04. The zero-order valence-electron chi connectivity index (χ0n) is 11.8. The molecule has 2 aromatic rings. The molecule has 0 unspecified atom stereocenters. The van der Waals surface area contributed by atoms with Crippen LogP contribution in [0.2, 0.25) is 10.2 Å². The third-order valence-electron chi connectivity index (χ3n) is 3.75. The predicted molar refractivity (Wildman–Crippen MR) is 79.6 cm³/mol. The molecule has 6 nitrogen and oxygen atoms in total. The number of aryl methyl sites for hydroxylation is 1. The first kappa shape index (κ1) is 14.4. The molecule has 0 saturated carbocycles. The summed E-state index contributed by atoms with van der Waals surface area (Å²) in [5.41, 5.74) is 0.452. The average Bonchev–Trinajstić information content (AvgIpc) is 3.12. The van der Waals surface area contributed by atoms with Gasteiger partial charge in [-0.15, -0.1) is 10.2 Å². The van der Waals surface area contributed by atoms with Crippen LogP contribution in [0.1, 0.15) is 28.6 Å². The molecule has 1 aliphatic rings. The highest BCUT2D eigenvalue weighted by Crippen LogP contribution is 2.26. The highest BCUT2D eigenvalue weighted by molar-refractivity contribution is 6.41. The zero-order chi connectivity index (χ0) is 15.1. The summed E-state index contributed by atoms with van der Waals surface area (Å²) in [5.74, 6) is 1.65. The number of rotatable bonds is 3. The van der Waals surface area contributed by atoms with Crippen molar-refractivity contribution in [3.63, 3.8) is 0 Å². The van der Waals surface area contributed by atoms with E-state index in [0.29, 0.717) is 22.4 Å². The largest absolute Gasteiger partial charge is 0.333 e. The van der Waals surface area contributed by atoms with Crippen molar-refractivity contribution in [1.82, 2.24) is 24.2 Å². The van der Waals surface area contributed by atoms with Crippen molar-refractivity contribution < 1.29 is 4.79 Å². The van der Waals surface area contributed by atoms with E-state index in [4.69, 9.17) is 23.2 Å². The molecule has 0 saturated heterocycles. The maximum absolute atomic E-state index is 12.5. The Morgan fingerprint density at radius 2 is 2.19 bits per heavy atom. The van der Waals surface area contributed by atoms with Crippen LogP contribution < -0.4 is 0 Å². The Bertz CT molecular complexity index is 706. The summed E-state index contributed by atoms with van der Waals surface area (Å²) in [6.07, 6.45) is 2.03. The normalized spacial score (nSPS) is 13.5. The number of halogens is 2. The van der Waals surface area contributed by atoms with E-state index in [-0.39, 0.29) is 5.91 Å². The molecular weight excluding hydrogens is 313 g/mol. The second kappa shape index (κ2) is 5.35. The molecule has 112 valence electrons. The highest BCUT2D eigenvalue weighted by Gasteiger charge is 2.23. The van der Waals surface area contributed by atoms with Crippen LogP contribution in [0.4, 0.5) is 0 Å². The molecule has 8 heteroatoms. The number of hydrogen-bond donors (Lipinski definition) is 0. The molecule has 3 heterocycles. The molecule has 2 aromatic heterocycles. The molecule has 0 atom stereocenters. The van der Waals surface area contributed by atoms with E-state index in [0.717, 1.165) is 31.0 Å². The molecule has 3 rings (SSSR count). The van der Waals surface area contributed by atoms with Gasteiger partial charge in [0, 0.05) is 27.1 Å². The maximum atomic E-state index is 12.5. The van der Waals surface area contributed by atoms with Gasteiger partial charge in [0.2, 0.25) is 0 Å². The van der Waals surface area contributed by atoms with E-state index >= 15 is 0 Å². The quantitative estimate of drug-likeness (QED) is 0.867. The van der Waals surface area contributed by atoms with E-state index in [9.17, 15) is 4.79 Å². The number of nitrogens with zero attached hydrogens (tertiary/aromatic N) is 5. The molecule has 1 aliphatic heterocycles. The van der Waals surface area contributed by atoms with Gasteiger partial charge >= 0.3 is 0 Å². The predicted octanol–water partition coefficient (Wildman–Crippen LogP) is 2.14. The minimum atomic E-state index is -0.151. The van der Waals surface area contributed by atoms with Gasteiger partial charge in [-0.05, 0) is 12.5 Å². The molecular formula is C13H15Cl2N5O. The summed E-state index contributed by atoms with van der Waals surface area (Å²) in [4.78, 5) is 14.1. The molecule has 0 aliphatic carbocycles. The molecule has 0 spiro atoms. The number of amides is 1. The topological polar surface area (TPSA) is 56.0 Å². The second-order valence-electron chi connectivity index (χ2n) is 5.18. The van der Waals surface area contributed by atoms with Gasteiger partial charge < -0.3 is 14.0 Å². The van der Waals surface area contributed by atoms with Crippen LogP contribution in [-0.2, 0) is 26.6 Å². The highest BCUT2D eigenvalue weighted by atomic mass is 35.5. The lowest BCUT2D eigenvalue weighted by Crippen LogP contribution is -2.29. The summed E-state index contributed by atoms with van der Waals surface area (Å²) < 4.78 is 3.66. The Morgan fingerprint density at radius 1 is 1.43 bits per heavy atom. The molecule has 21 heavy (non-hydrogen) atoms. The first-order valence-electron chi connectivity index (χ1n) is 6.66. The van der Waals surface area contributed by atoms with Gasteiger partial charge in [0.05, 0.1) is 11.6 Å². The Balaban J connectivity index is 1.80. The van der Waals surface area contributed by atoms with Gasteiger partial charge in [0.15, 0.2) is 5.82 Å². The Kier molecular flexibility index (Phi) is 3.67. The molecule has 0 N–H and O–H groups in total. The van der Waals surface area contributed by atoms with Crippen LogP contribution in [0.25, 0.3) is 0 Å². The first-order chi connectivity index (χ1) is 9.99. The van der Waals surface area contributed by atoms with E-state index in [2.05, 4.69) is 14.8 Å². The third-order valence-corrected chi connectivity index (χ3v) is 4.59. The van der Waals surface area contributed by atoms with Crippen molar-refractivity contribution in [3.8, 4) is 0 Å². The van der Waals surface area contributed by atoms with Crippen molar-refractivity contribution >= 4 is 29.1 Å². The first-order valence-corrected chi connectivity index (χ1v) is 7.41. The second-order valence-corrected chi connectivity index (χ2v) is 5.94. The number of carbonyl (C=O) groups is 1. The maximum Gasteiger partial charge on any atom is 0.270 e. The summed E-state index contributed by atoms with van der Waals surface area (Å²) in [6, 6.07) is 1.58. The van der Waals surface area contributed by atoms with E-state index < -0.39 is 0 Å². The lowest BCUT2D eigenvalue weighted by atomic mass is 10.3. The minimum Gasteiger partial charge on any atom is -0.333 e. The number of carbonyl (C=O) groups excluding carboxylic acids is 1. The van der Waals surface area contributed by atoms with Crippen LogP contribution in [0.5, 0.6) is 0 Å². The lowest BCUT2D eigenvalue weighted by molar-refractivity contribution is 0.0770. The van der Waals surface area contributed by atoms with Gasteiger partial charge in [-0.3, -0.25) is 4.79 Å². The van der Waals surface area contributed by atoms with Gasteiger partial charge in [-0.25, -0.2) is 0 Å². The number of aromatic nitrogens is 4. The van der Waals surface area contributed by atoms with Crippen molar-refractivity contribution in [2.75, 3.05) is 7.05 Å². The van der Waals surface area contributed by atoms with Crippen LogP contribution in [0.15, 0.2) is 6.07 Å². The van der Waals surface area contributed by atoms with E-state index in [1.165, 1.54) is 0 Å². The Hall–Kier alpha value is -1.53. The number of fused-ring (bicyclic) bond motifs is 1. The fraction of sp³-hybridized carbons (Fsp3) is 0.462. The van der Waals surface area contributed by atoms with E-state index in [1.807, 2.05) is 0 Å². The van der Waals surface area contributed by atoms with Crippen LogP contribution in [0.3, 0.4) is 0 Å². The van der Waals surface area contributed by atoms with Gasteiger partial charge in [-0.1, -0.05) is 23.2 Å².